The molecule has 3 rings (SSSR count). The van der Waals surface area contributed by atoms with Gasteiger partial charge in [-0.05, 0) is 49.4 Å². The van der Waals surface area contributed by atoms with Gasteiger partial charge in [0.1, 0.15) is 0 Å². The van der Waals surface area contributed by atoms with Crippen LogP contribution in [0.5, 0.6) is 11.5 Å². The van der Waals surface area contributed by atoms with E-state index in [1.54, 1.807) is 14.2 Å². The number of hydrogen-bond acceptors (Lipinski definition) is 3. The molecule has 1 fully saturated rings. The van der Waals surface area contributed by atoms with Gasteiger partial charge < -0.3 is 14.4 Å². The van der Waals surface area contributed by atoms with E-state index in [-0.39, 0.29) is 17.9 Å². The predicted octanol–water partition coefficient (Wildman–Crippen LogP) is 4.25. The predicted molar refractivity (Wildman–Crippen MR) is 103 cm³/mol. The molecule has 0 aliphatic carbocycles. The Bertz CT molecular complexity index is 744. The molecule has 2 aromatic carbocycles. The number of carbonyl (C=O) groups excluding carboxylic acids is 1. The van der Waals surface area contributed by atoms with Crippen molar-refractivity contribution < 1.29 is 14.3 Å². The molecule has 0 spiro atoms. The van der Waals surface area contributed by atoms with Crippen molar-refractivity contribution in [3.8, 4) is 11.5 Å². The first-order valence-electron chi connectivity index (χ1n) is 9.20. The Morgan fingerprint density at radius 2 is 1.81 bits per heavy atom. The molecule has 1 aliphatic heterocycles. The molecule has 1 amide bonds. The summed E-state index contributed by atoms with van der Waals surface area (Å²) >= 11 is 0. The molecule has 2 atom stereocenters. The van der Waals surface area contributed by atoms with E-state index < -0.39 is 0 Å². The Kier molecular flexibility index (Phi) is 5.82. The summed E-state index contributed by atoms with van der Waals surface area (Å²) in [4.78, 5) is 14.9. The molecule has 0 bridgehead atoms. The van der Waals surface area contributed by atoms with Gasteiger partial charge in [0.25, 0.3) is 0 Å². The molecule has 1 saturated heterocycles. The van der Waals surface area contributed by atoms with Crippen molar-refractivity contribution in [2.75, 3.05) is 20.8 Å². The molecule has 0 saturated carbocycles. The zero-order valence-electron chi connectivity index (χ0n) is 15.8. The van der Waals surface area contributed by atoms with Crippen LogP contribution >= 0.6 is 0 Å². The number of ether oxygens (including phenoxy) is 2. The smallest absolute Gasteiger partial charge is 0.226 e. The highest BCUT2D eigenvalue weighted by atomic mass is 16.5. The fourth-order valence-corrected chi connectivity index (χ4v) is 3.70. The number of benzene rings is 2. The van der Waals surface area contributed by atoms with E-state index in [0.717, 1.165) is 37.3 Å². The number of likely N-dealkylation sites (tertiary alicyclic amines) is 1. The summed E-state index contributed by atoms with van der Waals surface area (Å²) in [7, 11) is 3.28. The molecule has 4 heteroatoms. The molecule has 138 valence electrons. The first-order chi connectivity index (χ1) is 12.6. The second kappa shape index (κ2) is 8.26. The molecule has 26 heavy (non-hydrogen) atoms. The molecule has 2 aromatic rings. The second-order valence-electron chi connectivity index (χ2n) is 6.83. The van der Waals surface area contributed by atoms with Crippen LogP contribution in [0.3, 0.4) is 0 Å². The van der Waals surface area contributed by atoms with Crippen molar-refractivity contribution in [1.82, 2.24) is 4.90 Å². The maximum absolute atomic E-state index is 12.8. The van der Waals surface area contributed by atoms with Gasteiger partial charge in [0.05, 0.1) is 20.3 Å². The van der Waals surface area contributed by atoms with Crippen LogP contribution in [0.4, 0.5) is 0 Å². The molecule has 1 heterocycles. The van der Waals surface area contributed by atoms with Gasteiger partial charge in [-0.1, -0.05) is 36.4 Å². The number of amides is 1. The zero-order valence-corrected chi connectivity index (χ0v) is 15.8. The summed E-state index contributed by atoms with van der Waals surface area (Å²) in [6.07, 6.45) is 2.67. The van der Waals surface area contributed by atoms with Gasteiger partial charge in [0, 0.05) is 12.5 Å². The van der Waals surface area contributed by atoms with Crippen molar-refractivity contribution in [2.45, 2.75) is 32.2 Å². The molecular formula is C22H27NO3. The Labute approximate surface area is 155 Å². The number of aryl methyl sites for hydroxylation is 1. The first kappa shape index (κ1) is 18.3. The Hall–Kier alpha value is -2.49. The summed E-state index contributed by atoms with van der Waals surface area (Å²) in [5.74, 6) is 1.86. The van der Waals surface area contributed by atoms with Gasteiger partial charge in [0.15, 0.2) is 11.5 Å². The number of carbonyl (C=O) groups is 1. The summed E-state index contributed by atoms with van der Waals surface area (Å²) < 4.78 is 10.7. The van der Waals surface area contributed by atoms with Crippen molar-refractivity contribution in [1.29, 1.82) is 0 Å². The average Bonchev–Trinajstić information content (AvgIpc) is 3.06. The highest BCUT2D eigenvalue weighted by Gasteiger charge is 2.34. The summed E-state index contributed by atoms with van der Waals surface area (Å²) in [6.45, 7) is 2.95. The molecule has 1 aliphatic rings. The lowest BCUT2D eigenvalue weighted by atomic mass is 9.98. The molecule has 0 radical (unpaired) electrons. The number of methoxy groups -OCH3 is 2. The van der Waals surface area contributed by atoms with E-state index in [1.807, 2.05) is 41.3 Å². The van der Waals surface area contributed by atoms with E-state index in [0.29, 0.717) is 0 Å². The number of rotatable bonds is 7. The maximum atomic E-state index is 12.8. The highest BCUT2D eigenvalue weighted by Crippen LogP contribution is 2.32. The van der Waals surface area contributed by atoms with Crippen molar-refractivity contribution in [3.05, 3.63) is 59.7 Å². The van der Waals surface area contributed by atoms with Gasteiger partial charge in [-0.25, -0.2) is 0 Å². The summed E-state index contributed by atoms with van der Waals surface area (Å²) in [5.41, 5.74) is 2.37. The van der Waals surface area contributed by atoms with E-state index in [9.17, 15) is 4.79 Å². The zero-order chi connectivity index (χ0) is 18.5. The van der Waals surface area contributed by atoms with Crippen LogP contribution < -0.4 is 9.47 Å². The maximum Gasteiger partial charge on any atom is 0.226 e. The van der Waals surface area contributed by atoms with Crippen LogP contribution in [0.25, 0.3) is 0 Å². The lowest BCUT2D eigenvalue weighted by Gasteiger charge is -2.25. The van der Waals surface area contributed by atoms with E-state index in [4.69, 9.17) is 9.47 Å². The third-order valence-corrected chi connectivity index (χ3v) is 5.33. The van der Waals surface area contributed by atoms with Crippen molar-refractivity contribution in [2.24, 2.45) is 5.92 Å². The van der Waals surface area contributed by atoms with Crippen LogP contribution in [-0.2, 0) is 11.2 Å². The fraction of sp³-hybridized carbons (Fsp3) is 0.409. The van der Waals surface area contributed by atoms with Crippen LogP contribution in [0, 0.1) is 5.92 Å². The molecule has 0 unspecified atom stereocenters. The summed E-state index contributed by atoms with van der Waals surface area (Å²) in [6, 6.07) is 16.4. The first-order valence-corrected chi connectivity index (χ1v) is 9.20. The van der Waals surface area contributed by atoms with Crippen LogP contribution in [0.15, 0.2) is 48.5 Å². The topological polar surface area (TPSA) is 38.8 Å². The van der Waals surface area contributed by atoms with E-state index in [2.05, 4.69) is 19.1 Å². The standard InChI is InChI=1S/C22H27NO3/c1-16(18-7-5-4-6-8-18)23-14-13-19(22(23)24)11-9-17-10-12-20(25-2)21(15-17)26-3/h4-8,10,12,15-16,19H,9,11,13-14H2,1-3H3/t16-,19-/m0/s1. The average molecular weight is 353 g/mol. The van der Waals surface area contributed by atoms with Gasteiger partial charge >= 0.3 is 0 Å². The lowest BCUT2D eigenvalue weighted by Crippen LogP contribution is -2.30. The third-order valence-electron chi connectivity index (χ3n) is 5.33. The van der Waals surface area contributed by atoms with Gasteiger partial charge in [-0.15, -0.1) is 0 Å². The quantitative estimate of drug-likeness (QED) is 0.747. The molecular weight excluding hydrogens is 326 g/mol. The monoisotopic (exact) mass is 353 g/mol. The minimum absolute atomic E-state index is 0.106. The number of nitrogens with zero attached hydrogens (tertiary/aromatic N) is 1. The van der Waals surface area contributed by atoms with Crippen LogP contribution in [0.1, 0.15) is 36.9 Å². The molecule has 4 nitrogen and oxygen atoms in total. The van der Waals surface area contributed by atoms with Gasteiger partial charge in [0.2, 0.25) is 5.91 Å². The van der Waals surface area contributed by atoms with Crippen molar-refractivity contribution >= 4 is 5.91 Å². The second-order valence-corrected chi connectivity index (χ2v) is 6.83. The Balaban J connectivity index is 1.61. The third kappa shape index (κ3) is 3.85. The van der Waals surface area contributed by atoms with Crippen molar-refractivity contribution in [3.63, 3.8) is 0 Å². The minimum Gasteiger partial charge on any atom is -0.493 e. The molecule has 0 aromatic heterocycles. The van der Waals surface area contributed by atoms with Crippen LogP contribution in [-0.4, -0.2) is 31.6 Å². The Morgan fingerprint density at radius 1 is 1.08 bits per heavy atom. The molecule has 0 N–H and O–H groups in total. The lowest BCUT2D eigenvalue weighted by molar-refractivity contribution is -0.132. The number of hydrogen-bond donors (Lipinski definition) is 0. The van der Waals surface area contributed by atoms with Crippen LogP contribution in [0.2, 0.25) is 0 Å². The van der Waals surface area contributed by atoms with Gasteiger partial charge in [-0.2, -0.15) is 0 Å². The highest BCUT2D eigenvalue weighted by molar-refractivity contribution is 5.81. The van der Waals surface area contributed by atoms with E-state index >= 15 is 0 Å². The Morgan fingerprint density at radius 3 is 2.50 bits per heavy atom. The largest absolute Gasteiger partial charge is 0.493 e. The van der Waals surface area contributed by atoms with Gasteiger partial charge in [-0.3, -0.25) is 4.79 Å². The SMILES string of the molecule is COc1ccc(CC[C@H]2CCN([C@@H](C)c3ccccc3)C2=O)cc1OC. The fourth-order valence-electron chi connectivity index (χ4n) is 3.70. The summed E-state index contributed by atoms with van der Waals surface area (Å²) in [5, 5.41) is 0. The van der Waals surface area contributed by atoms with E-state index in [1.165, 1.54) is 11.1 Å². The minimum atomic E-state index is 0.106. The normalized spacial score (nSPS) is 18.0.